The van der Waals surface area contributed by atoms with E-state index in [1.807, 2.05) is 14.0 Å². The molecule has 20 heavy (non-hydrogen) atoms. The summed E-state index contributed by atoms with van der Waals surface area (Å²) in [4.78, 5) is 16.5. The summed E-state index contributed by atoms with van der Waals surface area (Å²) in [6, 6.07) is 3.52. The van der Waals surface area contributed by atoms with Crippen molar-refractivity contribution in [2.24, 2.45) is 12.8 Å². The second-order valence-corrected chi connectivity index (χ2v) is 5.63. The minimum Gasteiger partial charge on any atom is -0.335 e. The van der Waals surface area contributed by atoms with Gasteiger partial charge in [-0.25, -0.2) is 0 Å². The minimum absolute atomic E-state index is 0.159. The molecule has 0 aliphatic carbocycles. The second kappa shape index (κ2) is 4.77. The van der Waals surface area contributed by atoms with Crippen molar-refractivity contribution in [1.82, 2.24) is 14.8 Å². The van der Waals surface area contributed by atoms with E-state index in [9.17, 15) is 4.79 Å². The first-order chi connectivity index (χ1) is 9.61. The maximum Gasteiger partial charge on any atom is 0.271 e. The van der Waals surface area contributed by atoms with E-state index in [4.69, 9.17) is 5.73 Å². The zero-order valence-corrected chi connectivity index (χ0v) is 12.0. The average molecular weight is 289 g/mol. The van der Waals surface area contributed by atoms with Crippen molar-refractivity contribution in [2.45, 2.75) is 13.5 Å². The first-order valence-corrected chi connectivity index (χ1v) is 7.03. The quantitative estimate of drug-likeness (QED) is 0.686. The normalized spacial score (nSPS) is 11.2. The topological polar surface area (TPSA) is 88.7 Å². The summed E-state index contributed by atoms with van der Waals surface area (Å²) in [6.45, 7) is 2.53. The van der Waals surface area contributed by atoms with E-state index in [1.165, 1.54) is 0 Å². The van der Waals surface area contributed by atoms with E-state index in [0.29, 0.717) is 12.2 Å². The molecule has 7 heteroatoms. The number of hydrogen-bond acceptors (Lipinski definition) is 5. The molecule has 0 radical (unpaired) electrons. The van der Waals surface area contributed by atoms with Gasteiger partial charge in [-0.05, 0) is 24.6 Å². The fraction of sp³-hybridized carbons (Fsp3) is 0.231. The van der Waals surface area contributed by atoms with Crippen molar-refractivity contribution in [1.29, 1.82) is 0 Å². The zero-order valence-electron chi connectivity index (χ0n) is 11.2. The Balaban J connectivity index is 2.16. The largest absolute Gasteiger partial charge is 0.335 e. The van der Waals surface area contributed by atoms with Gasteiger partial charge in [-0.3, -0.25) is 9.48 Å². The number of nitrogens with one attached hydrogen (secondary N) is 2. The Bertz CT molecular complexity index is 829. The number of thiophene rings is 1. The third-order valence-electron chi connectivity index (χ3n) is 3.28. The third-order valence-corrected chi connectivity index (χ3v) is 4.48. The lowest BCUT2D eigenvalue weighted by Gasteiger charge is -2.06. The summed E-state index contributed by atoms with van der Waals surface area (Å²) in [7, 11) is 1.85. The number of anilines is 2. The van der Waals surface area contributed by atoms with Crippen molar-refractivity contribution >= 4 is 33.1 Å². The van der Waals surface area contributed by atoms with Gasteiger partial charge in [0.05, 0.1) is 5.39 Å². The van der Waals surface area contributed by atoms with E-state index in [-0.39, 0.29) is 5.56 Å². The molecule has 0 saturated carbocycles. The fourth-order valence-corrected chi connectivity index (χ4v) is 3.31. The molecule has 0 bridgehead atoms. The summed E-state index contributed by atoms with van der Waals surface area (Å²) < 4.78 is 1.75. The van der Waals surface area contributed by atoms with Crippen molar-refractivity contribution in [3.8, 4) is 0 Å². The Morgan fingerprint density at radius 3 is 3.05 bits per heavy atom. The smallest absolute Gasteiger partial charge is 0.271 e. The van der Waals surface area contributed by atoms with Gasteiger partial charge in [0.15, 0.2) is 0 Å². The number of aryl methyl sites for hydroxylation is 2. The Morgan fingerprint density at radius 1 is 1.55 bits per heavy atom. The number of aromatic nitrogens is 3. The summed E-state index contributed by atoms with van der Waals surface area (Å²) in [5.41, 5.74) is 7.20. The van der Waals surface area contributed by atoms with E-state index in [0.717, 1.165) is 26.5 Å². The SMILES string of the molecule is Cc1c(CN)sc2nn(C)c(Nc3ccc[nH]c3=O)c12. The molecule has 0 atom stereocenters. The number of rotatable bonds is 3. The van der Waals surface area contributed by atoms with Crippen LogP contribution in [0.1, 0.15) is 10.4 Å². The maximum absolute atomic E-state index is 11.8. The van der Waals surface area contributed by atoms with Gasteiger partial charge in [0.2, 0.25) is 0 Å². The Kier molecular flexibility index (Phi) is 3.07. The standard InChI is InChI=1S/C13H15N5OS/c1-7-9(6-14)20-13-10(7)11(18(2)17-13)16-8-4-3-5-15-12(8)19/h3-5,16H,6,14H2,1-2H3,(H,15,19). The first kappa shape index (κ1) is 12.9. The van der Waals surface area contributed by atoms with Gasteiger partial charge in [0, 0.05) is 24.7 Å². The average Bonchev–Trinajstić information content (AvgIpc) is 2.90. The molecule has 0 saturated heterocycles. The van der Waals surface area contributed by atoms with Crippen molar-refractivity contribution in [3.63, 3.8) is 0 Å². The second-order valence-electron chi connectivity index (χ2n) is 4.54. The van der Waals surface area contributed by atoms with Crippen LogP contribution >= 0.6 is 11.3 Å². The Hall–Kier alpha value is -2.12. The summed E-state index contributed by atoms with van der Waals surface area (Å²) in [5, 5.41) is 8.67. The zero-order chi connectivity index (χ0) is 14.3. The number of nitrogens with two attached hydrogens (primary N) is 1. The van der Waals surface area contributed by atoms with Crippen LogP contribution in [-0.4, -0.2) is 14.8 Å². The van der Waals surface area contributed by atoms with Crippen LogP contribution in [-0.2, 0) is 13.6 Å². The van der Waals surface area contributed by atoms with Crippen LogP contribution < -0.4 is 16.6 Å². The predicted molar refractivity (Wildman–Crippen MR) is 81.6 cm³/mol. The van der Waals surface area contributed by atoms with Crippen molar-refractivity contribution < 1.29 is 0 Å². The highest BCUT2D eigenvalue weighted by molar-refractivity contribution is 7.19. The molecule has 3 rings (SSSR count). The Labute approximate surface area is 119 Å². The van der Waals surface area contributed by atoms with Gasteiger partial charge in [-0.2, -0.15) is 5.10 Å². The van der Waals surface area contributed by atoms with Crippen molar-refractivity contribution in [3.05, 3.63) is 39.1 Å². The minimum atomic E-state index is -0.159. The molecule has 0 spiro atoms. The molecule has 0 aromatic carbocycles. The van der Waals surface area contributed by atoms with Crippen LogP contribution in [0.2, 0.25) is 0 Å². The Morgan fingerprint density at radius 2 is 2.35 bits per heavy atom. The first-order valence-electron chi connectivity index (χ1n) is 6.21. The molecule has 3 heterocycles. The lowest BCUT2D eigenvalue weighted by molar-refractivity contribution is 0.790. The molecule has 3 aromatic rings. The molecule has 6 nitrogen and oxygen atoms in total. The number of nitrogens with zero attached hydrogens (tertiary/aromatic N) is 2. The summed E-state index contributed by atoms with van der Waals surface area (Å²) >= 11 is 1.59. The lowest BCUT2D eigenvalue weighted by Crippen LogP contribution is -2.12. The summed E-state index contributed by atoms with van der Waals surface area (Å²) in [6.07, 6.45) is 1.61. The van der Waals surface area contributed by atoms with Gasteiger partial charge in [-0.1, -0.05) is 0 Å². The van der Waals surface area contributed by atoms with Gasteiger partial charge in [0.1, 0.15) is 16.3 Å². The van der Waals surface area contributed by atoms with Crippen LogP contribution in [0.25, 0.3) is 10.2 Å². The number of H-pyrrole nitrogens is 1. The van der Waals surface area contributed by atoms with Crippen LogP contribution in [0.15, 0.2) is 23.1 Å². The van der Waals surface area contributed by atoms with Gasteiger partial charge < -0.3 is 16.0 Å². The molecule has 0 aliphatic heterocycles. The fourth-order valence-electron chi connectivity index (χ4n) is 2.23. The molecule has 0 aliphatic rings. The summed E-state index contributed by atoms with van der Waals surface area (Å²) in [5.74, 6) is 0.810. The molecule has 104 valence electrons. The molecular formula is C13H15N5OS. The number of hydrogen-bond donors (Lipinski definition) is 3. The van der Waals surface area contributed by atoms with E-state index >= 15 is 0 Å². The van der Waals surface area contributed by atoms with Crippen LogP contribution in [0.3, 0.4) is 0 Å². The van der Waals surface area contributed by atoms with Gasteiger partial charge >= 0.3 is 0 Å². The molecular weight excluding hydrogens is 274 g/mol. The van der Waals surface area contributed by atoms with E-state index < -0.39 is 0 Å². The molecule has 0 amide bonds. The lowest BCUT2D eigenvalue weighted by atomic mass is 10.2. The van der Waals surface area contributed by atoms with E-state index in [1.54, 1.807) is 34.3 Å². The predicted octanol–water partition coefficient (Wildman–Crippen LogP) is 1.83. The number of aromatic amines is 1. The van der Waals surface area contributed by atoms with Crippen molar-refractivity contribution in [2.75, 3.05) is 5.32 Å². The molecule has 0 unspecified atom stereocenters. The highest BCUT2D eigenvalue weighted by Gasteiger charge is 2.17. The highest BCUT2D eigenvalue weighted by atomic mass is 32.1. The number of pyridine rings is 1. The van der Waals surface area contributed by atoms with E-state index in [2.05, 4.69) is 15.4 Å². The maximum atomic E-state index is 11.8. The van der Waals surface area contributed by atoms with Gasteiger partial charge in [0.25, 0.3) is 5.56 Å². The van der Waals surface area contributed by atoms with Gasteiger partial charge in [-0.15, -0.1) is 11.3 Å². The third kappa shape index (κ3) is 1.91. The van der Waals surface area contributed by atoms with Crippen LogP contribution in [0.5, 0.6) is 0 Å². The molecule has 3 aromatic heterocycles. The van der Waals surface area contributed by atoms with Crippen LogP contribution in [0, 0.1) is 6.92 Å². The highest BCUT2D eigenvalue weighted by Crippen LogP contribution is 2.35. The monoisotopic (exact) mass is 289 g/mol. The molecule has 4 N–H and O–H groups in total. The van der Waals surface area contributed by atoms with Crippen LogP contribution in [0.4, 0.5) is 11.5 Å². The number of fused-ring (bicyclic) bond motifs is 1. The molecule has 0 fully saturated rings.